The van der Waals surface area contributed by atoms with E-state index in [0.29, 0.717) is 17.6 Å². The molecule has 4 nitrogen and oxygen atoms in total. The number of halogens is 3. The predicted molar refractivity (Wildman–Crippen MR) is 111 cm³/mol. The number of hydrogen-bond acceptors (Lipinski definition) is 4. The molecule has 0 N–H and O–H groups in total. The van der Waals surface area contributed by atoms with Crippen molar-refractivity contribution in [1.29, 1.82) is 0 Å². The molecular weight excluding hydrogens is 407 g/mol. The van der Waals surface area contributed by atoms with Gasteiger partial charge in [-0.05, 0) is 36.6 Å². The molecule has 31 heavy (non-hydrogen) atoms. The van der Waals surface area contributed by atoms with Crippen molar-refractivity contribution in [3.63, 3.8) is 0 Å². The van der Waals surface area contributed by atoms with Crippen LogP contribution in [0.15, 0.2) is 48.5 Å². The standard InChI is InChI=1S/C24H28F3NO3/c1-29-16-30-22-12-20(24(25,26)27)10-11-21(22)31-23-18-8-5-9-19(23)15-28(14-18)13-17-6-3-2-4-7-17/h2-4,6-7,10-12,18-19,23H,5,8-9,13-16H2,1H3. The van der Waals surface area contributed by atoms with Crippen molar-refractivity contribution in [2.24, 2.45) is 11.8 Å². The minimum absolute atomic E-state index is 0.0256. The number of likely N-dealkylation sites (tertiary alicyclic amines) is 1. The first kappa shape index (κ1) is 22.0. The summed E-state index contributed by atoms with van der Waals surface area (Å²) in [6.45, 7) is 2.61. The SMILES string of the molecule is COCOc1cc(C(F)(F)F)ccc1OC1C2CCCC1CN(Cc1ccccc1)C2. The van der Waals surface area contributed by atoms with Gasteiger partial charge in [0.05, 0.1) is 5.56 Å². The molecule has 1 heterocycles. The van der Waals surface area contributed by atoms with E-state index >= 15 is 0 Å². The summed E-state index contributed by atoms with van der Waals surface area (Å²) in [5.41, 5.74) is 0.529. The van der Waals surface area contributed by atoms with Gasteiger partial charge in [-0.15, -0.1) is 0 Å². The van der Waals surface area contributed by atoms with Crippen molar-refractivity contribution in [1.82, 2.24) is 4.90 Å². The van der Waals surface area contributed by atoms with Crippen molar-refractivity contribution in [3.05, 3.63) is 59.7 Å². The molecule has 2 fully saturated rings. The maximum Gasteiger partial charge on any atom is 0.416 e. The maximum atomic E-state index is 13.2. The highest BCUT2D eigenvalue weighted by Gasteiger charge is 2.41. The number of nitrogens with zero attached hydrogens (tertiary/aromatic N) is 1. The lowest BCUT2D eigenvalue weighted by Crippen LogP contribution is -2.53. The topological polar surface area (TPSA) is 30.9 Å². The molecule has 1 aliphatic carbocycles. The van der Waals surface area contributed by atoms with Crippen LogP contribution in [-0.2, 0) is 17.5 Å². The molecule has 2 unspecified atom stereocenters. The Morgan fingerprint density at radius 2 is 1.68 bits per heavy atom. The Morgan fingerprint density at radius 3 is 2.32 bits per heavy atom. The van der Waals surface area contributed by atoms with Crippen molar-refractivity contribution in [2.45, 2.75) is 38.1 Å². The van der Waals surface area contributed by atoms with Crippen LogP contribution in [0.2, 0.25) is 0 Å². The Labute approximate surface area is 180 Å². The minimum atomic E-state index is -4.44. The summed E-state index contributed by atoms with van der Waals surface area (Å²) >= 11 is 0. The zero-order valence-electron chi connectivity index (χ0n) is 17.6. The minimum Gasteiger partial charge on any atom is -0.486 e. The van der Waals surface area contributed by atoms with Gasteiger partial charge in [0.1, 0.15) is 6.10 Å². The molecule has 0 aromatic heterocycles. The van der Waals surface area contributed by atoms with Gasteiger partial charge in [-0.25, -0.2) is 0 Å². The molecule has 168 valence electrons. The third-order valence-electron chi connectivity index (χ3n) is 6.18. The van der Waals surface area contributed by atoms with Gasteiger partial charge in [-0.1, -0.05) is 36.8 Å². The molecule has 1 aliphatic heterocycles. The summed E-state index contributed by atoms with van der Waals surface area (Å²) in [5.74, 6) is 1.10. The van der Waals surface area contributed by atoms with E-state index in [1.165, 1.54) is 18.7 Å². The zero-order chi connectivity index (χ0) is 21.8. The molecule has 2 aliphatic rings. The van der Waals surface area contributed by atoms with Crippen molar-refractivity contribution in [2.75, 3.05) is 27.0 Å². The highest BCUT2D eigenvalue weighted by Crippen LogP contribution is 2.42. The molecule has 0 radical (unpaired) electrons. The number of piperidine rings is 1. The number of hydrogen-bond donors (Lipinski definition) is 0. The summed E-state index contributed by atoms with van der Waals surface area (Å²) in [5, 5.41) is 0. The second-order valence-electron chi connectivity index (χ2n) is 8.42. The van der Waals surface area contributed by atoms with E-state index in [9.17, 15) is 13.2 Å². The molecule has 7 heteroatoms. The highest BCUT2D eigenvalue weighted by atomic mass is 19.4. The van der Waals surface area contributed by atoms with Gasteiger partial charge in [0.2, 0.25) is 0 Å². The van der Waals surface area contributed by atoms with E-state index in [4.69, 9.17) is 14.2 Å². The number of alkyl halides is 3. The Balaban J connectivity index is 1.50. The lowest BCUT2D eigenvalue weighted by molar-refractivity contribution is -0.137. The number of methoxy groups -OCH3 is 1. The van der Waals surface area contributed by atoms with E-state index in [0.717, 1.165) is 51.0 Å². The van der Waals surface area contributed by atoms with Gasteiger partial charge in [0.25, 0.3) is 0 Å². The Hall–Kier alpha value is -2.25. The largest absolute Gasteiger partial charge is 0.486 e. The lowest BCUT2D eigenvalue weighted by Gasteiger charge is -2.47. The van der Waals surface area contributed by atoms with Crippen LogP contribution in [0.3, 0.4) is 0 Å². The van der Waals surface area contributed by atoms with E-state index < -0.39 is 11.7 Å². The fraction of sp³-hybridized carbons (Fsp3) is 0.500. The number of fused-ring (bicyclic) bond motifs is 2. The van der Waals surface area contributed by atoms with E-state index in [-0.39, 0.29) is 18.6 Å². The Bertz CT molecular complexity index is 845. The molecule has 2 aromatic rings. The van der Waals surface area contributed by atoms with Crippen LogP contribution in [-0.4, -0.2) is 38.0 Å². The summed E-state index contributed by atoms with van der Waals surface area (Å²) in [6, 6.07) is 13.8. The molecular formula is C24H28F3NO3. The van der Waals surface area contributed by atoms with Gasteiger partial charge in [0, 0.05) is 38.6 Å². The van der Waals surface area contributed by atoms with E-state index in [1.54, 1.807) is 0 Å². The van der Waals surface area contributed by atoms with Crippen molar-refractivity contribution < 1.29 is 27.4 Å². The van der Waals surface area contributed by atoms with Gasteiger partial charge in [-0.3, -0.25) is 4.90 Å². The second-order valence-corrected chi connectivity index (χ2v) is 8.42. The van der Waals surface area contributed by atoms with Crippen LogP contribution in [0.4, 0.5) is 13.2 Å². The first-order chi connectivity index (χ1) is 14.9. The van der Waals surface area contributed by atoms with Crippen LogP contribution < -0.4 is 9.47 Å². The van der Waals surface area contributed by atoms with Crippen LogP contribution in [0.25, 0.3) is 0 Å². The van der Waals surface area contributed by atoms with Crippen LogP contribution in [0, 0.1) is 11.8 Å². The molecule has 2 atom stereocenters. The van der Waals surface area contributed by atoms with Crippen LogP contribution in [0.5, 0.6) is 11.5 Å². The molecule has 4 rings (SSSR count). The Kier molecular flexibility index (Phi) is 6.72. The summed E-state index contributed by atoms with van der Waals surface area (Å²) in [7, 11) is 1.43. The fourth-order valence-electron chi connectivity index (χ4n) is 4.81. The highest BCUT2D eigenvalue weighted by molar-refractivity contribution is 5.44. The van der Waals surface area contributed by atoms with Gasteiger partial charge in [-0.2, -0.15) is 13.2 Å². The van der Waals surface area contributed by atoms with Crippen molar-refractivity contribution in [3.8, 4) is 11.5 Å². The van der Waals surface area contributed by atoms with Gasteiger partial charge in [0.15, 0.2) is 18.3 Å². The molecule has 0 spiro atoms. The number of benzene rings is 2. The average Bonchev–Trinajstić information content (AvgIpc) is 2.73. The van der Waals surface area contributed by atoms with Gasteiger partial charge >= 0.3 is 6.18 Å². The summed E-state index contributed by atoms with van der Waals surface area (Å²) in [6.07, 6.45) is -1.19. The summed E-state index contributed by atoms with van der Waals surface area (Å²) < 4.78 is 56.1. The van der Waals surface area contributed by atoms with Crippen molar-refractivity contribution >= 4 is 0 Å². The zero-order valence-corrected chi connectivity index (χ0v) is 17.6. The van der Waals surface area contributed by atoms with Crippen LogP contribution >= 0.6 is 0 Å². The Morgan fingerprint density at radius 1 is 0.968 bits per heavy atom. The normalized spacial score (nSPS) is 24.1. The molecule has 1 saturated heterocycles. The monoisotopic (exact) mass is 435 g/mol. The van der Waals surface area contributed by atoms with E-state index in [2.05, 4.69) is 29.2 Å². The van der Waals surface area contributed by atoms with Crippen LogP contribution in [0.1, 0.15) is 30.4 Å². The fourth-order valence-corrected chi connectivity index (χ4v) is 4.81. The molecule has 0 amide bonds. The first-order valence-corrected chi connectivity index (χ1v) is 10.7. The predicted octanol–water partition coefficient (Wildman–Crippen LogP) is 5.37. The maximum absolute atomic E-state index is 13.2. The second kappa shape index (κ2) is 9.49. The third kappa shape index (κ3) is 5.33. The number of rotatable bonds is 7. The molecule has 2 bridgehead atoms. The summed E-state index contributed by atoms with van der Waals surface area (Å²) in [4.78, 5) is 2.47. The molecule has 2 aromatic carbocycles. The quantitative estimate of drug-likeness (QED) is 0.548. The van der Waals surface area contributed by atoms with Gasteiger partial charge < -0.3 is 14.2 Å². The molecule has 1 saturated carbocycles. The number of ether oxygens (including phenoxy) is 3. The first-order valence-electron chi connectivity index (χ1n) is 10.7. The van der Waals surface area contributed by atoms with E-state index in [1.807, 2.05) is 6.07 Å². The average molecular weight is 435 g/mol. The lowest BCUT2D eigenvalue weighted by atomic mass is 9.75. The smallest absolute Gasteiger partial charge is 0.416 e. The third-order valence-corrected chi connectivity index (χ3v) is 6.18.